The van der Waals surface area contributed by atoms with Crippen molar-refractivity contribution in [3.63, 3.8) is 0 Å². The van der Waals surface area contributed by atoms with Gasteiger partial charge in [0.2, 0.25) is 5.88 Å². The second-order valence-corrected chi connectivity index (χ2v) is 7.00. The summed E-state index contributed by atoms with van der Waals surface area (Å²) >= 11 is 0. The number of methoxy groups -OCH3 is 1. The smallest absolute Gasteiger partial charge is 0.218 e. The highest BCUT2D eigenvalue weighted by molar-refractivity contribution is 5.45. The largest absolute Gasteiger partial charge is 0.481 e. The number of hydrogen-bond donors (Lipinski definition) is 0. The molecule has 0 aliphatic carbocycles. The van der Waals surface area contributed by atoms with Crippen molar-refractivity contribution in [3.8, 4) is 5.88 Å². The number of hydrogen-bond acceptors (Lipinski definition) is 7. The number of aromatic nitrogens is 3. The van der Waals surface area contributed by atoms with Gasteiger partial charge in [-0.3, -0.25) is 4.98 Å². The van der Waals surface area contributed by atoms with Gasteiger partial charge in [0.25, 0.3) is 0 Å². The van der Waals surface area contributed by atoms with Crippen molar-refractivity contribution in [1.29, 1.82) is 0 Å². The van der Waals surface area contributed by atoms with E-state index < -0.39 is 0 Å². The molecule has 2 aliphatic rings. The van der Waals surface area contributed by atoms with Crippen molar-refractivity contribution >= 4 is 5.82 Å². The van der Waals surface area contributed by atoms with Crippen LogP contribution < -0.4 is 9.64 Å². The van der Waals surface area contributed by atoms with E-state index in [1.165, 1.54) is 6.33 Å². The number of nitrogens with zero attached hydrogens (tertiary/aromatic N) is 4. The molecule has 2 aromatic rings. The highest BCUT2D eigenvalue weighted by Crippen LogP contribution is 2.37. The zero-order chi connectivity index (χ0) is 18.0. The molecule has 0 unspecified atom stereocenters. The minimum atomic E-state index is -0.138. The molecule has 4 rings (SSSR count). The molecule has 0 N–H and O–H groups in total. The maximum atomic E-state index is 6.13. The van der Waals surface area contributed by atoms with Crippen LogP contribution in [0.3, 0.4) is 0 Å². The topological polar surface area (TPSA) is 69.6 Å². The first kappa shape index (κ1) is 17.2. The van der Waals surface area contributed by atoms with Crippen molar-refractivity contribution < 1.29 is 14.2 Å². The van der Waals surface area contributed by atoms with Crippen LogP contribution in [0.5, 0.6) is 5.88 Å². The number of ether oxygens (including phenoxy) is 3. The minimum absolute atomic E-state index is 0.138. The Morgan fingerprint density at radius 1 is 1.31 bits per heavy atom. The third-order valence-corrected chi connectivity index (χ3v) is 4.98. The van der Waals surface area contributed by atoms with Crippen molar-refractivity contribution in [1.82, 2.24) is 15.0 Å². The monoisotopic (exact) mass is 356 g/mol. The third kappa shape index (κ3) is 3.64. The van der Waals surface area contributed by atoms with E-state index in [1.54, 1.807) is 7.11 Å². The van der Waals surface area contributed by atoms with Crippen LogP contribution in [0.25, 0.3) is 0 Å². The average molecular weight is 356 g/mol. The number of pyridine rings is 1. The summed E-state index contributed by atoms with van der Waals surface area (Å²) in [5, 5.41) is 0. The van der Waals surface area contributed by atoms with Crippen LogP contribution in [0, 0.1) is 6.92 Å². The molecular weight excluding hydrogens is 332 g/mol. The zero-order valence-electron chi connectivity index (χ0n) is 15.2. The van der Waals surface area contributed by atoms with Crippen LogP contribution >= 0.6 is 0 Å². The Balaban J connectivity index is 1.33. The summed E-state index contributed by atoms with van der Waals surface area (Å²) in [6, 6.07) is 7.88. The lowest BCUT2D eigenvalue weighted by Gasteiger charge is -2.53. The van der Waals surface area contributed by atoms with Crippen molar-refractivity contribution in [2.24, 2.45) is 0 Å². The molecule has 0 radical (unpaired) electrons. The van der Waals surface area contributed by atoms with E-state index in [0.29, 0.717) is 12.5 Å². The van der Waals surface area contributed by atoms with Crippen LogP contribution in [-0.2, 0) is 16.1 Å². The van der Waals surface area contributed by atoms with Crippen LogP contribution in [0.15, 0.2) is 30.6 Å². The Bertz CT molecular complexity index is 764. The Hall–Kier alpha value is -2.25. The van der Waals surface area contributed by atoms with E-state index in [1.807, 2.05) is 31.2 Å². The molecule has 7 nitrogen and oxygen atoms in total. The molecule has 7 heteroatoms. The molecule has 2 fully saturated rings. The van der Waals surface area contributed by atoms with Gasteiger partial charge >= 0.3 is 0 Å². The summed E-state index contributed by atoms with van der Waals surface area (Å²) in [6.07, 6.45) is 3.56. The normalized spacial score (nSPS) is 21.5. The lowest BCUT2D eigenvalue weighted by atomic mass is 9.84. The van der Waals surface area contributed by atoms with Crippen LogP contribution in [0.4, 0.5) is 5.82 Å². The molecular formula is C19H24N4O3. The van der Waals surface area contributed by atoms with Crippen LogP contribution in [-0.4, -0.2) is 53.5 Å². The van der Waals surface area contributed by atoms with Gasteiger partial charge in [-0.15, -0.1) is 0 Å². The molecule has 0 aromatic carbocycles. The Morgan fingerprint density at radius 3 is 3.00 bits per heavy atom. The van der Waals surface area contributed by atoms with Gasteiger partial charge in [-0.05, 0) is 25.5 Å². The first-order valence-corrected chi connectivity index (χ1v) is 8.95. The molecule has 0 amide bonds. The lowest BCUT2D eigenvalue weighted by molar-refractivity contribution is -0.148. The van der Waals surface area contributed by atoms with E-state index >= 15 is 0 Å². The predicted molar refractivity (Wildman–Crippen MR) is 96.3 cm³/mol. The number of rotatable bonds is 5. The van der Waals surface area contributed by atoms with Gasteiger partial charge in [-0.2, -0.15) is 0 Å². The molecule has 2 saturated heterocycles. The van der Waals surface area contributed by atoms with E-state index in [2.05, 4.69) is 19.9 Å². The molecule has 0 saturated carbocycles. The molecule has 1 spiro atoms. The summed E-state index contributed by atoms with van der Waals surface area (Å²) in [5.41, 5.74) is 1.86. The summed E-state index contributed by atoms with van der Waals surface area (Å²) < 4.78 is 17.4. The number of anilines is 1. The van der Waals surface area contributed by atoms with E-state index in [4.69, 9.17) is 14.2 Å². The Labute approximate surface area is 153 Å². The van der Waals surface area contributed by atoms with Gasteiger partial charge < -0.3 is 19.1 Å². The quantitative estimate of drug-likeness (QED) is 0.813. The van der Waals surface area contributed by atoms with Crippen molar-refractivity contribution in [2.45, 2.75) is 38.1 Å². The first-order valence-electron chi connectivity index (χ1n) is 8.95. The summed E-state index contributed by atoms with van der Waals surface area (Å²) in [4.78, 5) is 15.1. The Morgan fingerprint density at radius 2 is 2.19 bits per heavy atom. The summed E-state index contributed by atoms with van der Waals surface area (Å²) in [5.74, 6) is 1.45. The second-order valence-electron chi connectivity index (χ2n) is 7.00. The Kier molecular flexibility index (Phi) is 4.74. The molecule has 4 heterocycles. The van der Waals surface area contributed by atoms with Gasteiger partial charge in [0.15, 0.2) is 0 Å². The average Bonchev–Trinajstić information content (AvgIpc) is 2.65. The van der Waals surface area contributed by atoms with Gasteiger partial charge in [-0.25, -0.2) is 9.97 Å². The first-order chi connectivity index (χ1) is 12.7. The fourth-order valence-electron chi connectivity index (χ4n) is 3.65. The molecule has 2 aromatic heterocycles. The minimum Gasteiger partial charge on any atom is -0.481 e. The standard InChI is InChI=1S/C19H24N4O3/c1-14-4-3-5-15(22-14)10-25-16-6-7-26-19(9-16)11-23(12-19)17-8-18(24-2)21-13-20-17/h3-5,8,13,16H,6-7,9-12H2,1-2H3/t16-/m0/s1. The fourth-order valence-corrected chi connectivity index (χ4v) is 3.65. The zero-order valence-corrected chi connectivity index (χ0v) is 15.2. The fraction of sp³-hybridized carbons (Fsp3) is 0.526. The SMILES string of the molecule is COc1cc(N2CC3(C[C@@H](OCc4cccc(C)n4)CCO3)C2)ncn1. The molecule has 1 atom stereocenters. The van der Waals surface area contributed by atoms with E-state index in [0.717, 1.165) is 49.7 Å². The third-order valence-electron chi connectivity index (χ3n) is 4.98. The van der Waals surface area contributed by atoms with Gasteiger partial charge in [-0.1, -0.05) is 6.07 Å². The maximum Gasteiger partial charge on any atom is 0.218 e. The van der Waals surface area contributed by atoms with Gasteiger partial charge in [0, 0.05) is 24.8 Å². The highest BCUT2D eigenvalue weighted by Gasteiger charge is 2.48. The van der Waals surface area contributed by atoms with E-state index in [9.17, 15) is 0 Å². The van der Waals surface area contributed by atoms with E-state index in [-0.39, 0.29) is 11.7 Å². The summed E-state index contributed by atoms with van der Waals surface area (Å²) in [6.45, 7) is 4.91. The van der Waals surface area contributed by atoms with Crippen molar-refractivity contribution in [2.75, 3.05) is 31.7 Å². The second kappa shape index (κ2) is 7.17. The molecule has 26 heavy (non-hydrogen) atoms. The molecule has 138 valence electrons. The summed E-state index contributed by atoms with van der Waals surface area (Å²) in [7, 11) is 1.61. The maximum absolute atomic E-state index is 6.13. The highest BCUT2D eigenvalue weighted by atomic mass is 16.5. The van der Waals surface area contributed by atoms with Gasteiger partial charge in [0.05, 0.1) is 38.6 Å². The van der Waals surface area contributed by atoms with Crippen LogP contribution in [0.1, 0.15) is 24.2 Å². The van der Waals surface area contributed by atoms with Gasteiger partial charge in [0.1, 0.15) is 17.7 Å². The molecule has 0 bridgehead atoms. The van der Waals surface area contributed by atoms with Crippen molar-refractivity contribution in [3.05, 3.63) is 42.0 Å². The molecule has 2 aliphatic heterocycles. The lowest BCUT2D eigenvalue weighted by Crippen LogP contribution is -2.66. The predicted octanol–water partition coefficient (Wildman–Crippen LogP) is 2.14. The number of aryl methyl sites for hydroxylation is 1. The van der Waals surface area contributed by atoms with Crippen LogP contribution in [0.2, 0.25) is 0 Å².